The van der Waals surface area contributed by atoms with Crippen molar-refractivity contribution in [1.82, 2.24) is 9.80 Å². The van der Waals surface area contributed by atoms with Gasteiger partial charge in [0.25, 0.3) is 0 Å². The van der Waals surface area contributed by atoms with Crippen molar-refractivity contribution in [3.63, 3.8) is 0 Å². The molecule has 128 valence electrons. The van der Waals surface area contributed by atoms with Crippen LogP contribution in [0.5, 0.6) is 0 Å². The van der Waals surface area contributed by atoms with Crippen LogP contribution >= 0.6 is 0 Å². The summed E-state index contributed by atoms with van der Waals surface area (Å²) in [6, 6.07) is -0.294. The molecular weight excluding hydrogens is 296 g/mol. The fourth-order valence-corrected chi connectivity index (χ4v) is 4.31. The summed E-state index contributed by atoms with van der Waals surface area (Å²) >= 11 is 0. The first kappa shape index (κ1) is 16.3. The standard InChI is InChI=1S/C17H26N2O4/c1-2-4-14(20)19-8-3-5-13(19)15(21)18-9-6-17(7-10-18)11-12(17)16(22)23/h12-13H,2-11H2,1H3,(H,22,23). The molecule has 2 aliphatic heterocycles. The normalized spacial score (nSPS) is 28.9. The van der Waals surface area contributed by atoms with Gasteiger partial charge < -0.3 is 14.9 Å². The molecule has 2 heterocycles. The van der Waals surface area contributed by atoms with Gasteiger partial charge in [0.2, 0.25) is 11.8 Å². The molecule has 0 radical (unpaired) electrons. The number of rotatable bonds is 4. The fourth-order valence-electron chi connectivity index (χ4n) is 4.31. The van der Waals surface area contributed by atoms with Crippen LogP contribution in [0, 0.1) is 11.3 Å². The summed E-state index contributed by atoms with van der Waals surface area (Å²) in [5, 5.41) is 9.14. The van der Waals surface area contributed by atoms with Crippen molar-refractivity contribution in [3.8, 4) is 0 Å². The Morgan fingerprint density at radius 3 is 2.43 bits per heavy atom. The van der Waals surface area contributed by atoms with E-state index in [-0.39, 0.29) is 29.2 Å². The highest BCUT2D eigenvalue weighted by Gasteiger charge is 2.59. The maximum Gasteiger partial charge on any atom is 0.307 e. The lowest BCUT2D eigenvalue weighted by Crippen LogP contribution is -2.50. The molecule has 1 spiro atoms. The van der Waals surface area contributed by atoms with Gasteiger partial charge in [-0.15, -0.1) is 0 Å². The van der Waals surface area contributed by atoms with Crippen molar-refractivity contribution in [2.45, 2.75) is 57.9 Å². The quantitative estimate of drug-likeness (QED) is 0.850. The van der Waals surface area contributed by atoms with E-state index in [1.54, 1.807) is 4.90 Å². The van der Waals surface area contributed by atoms with Gasteiger partial charge in [-0.25, -0.2) is 0 Å². The average Bonchev–Trinajstić information content (AvgIpc) is 3.02. The monoisotopic (exact) mass is 322 g/mol. The summed E-state index contributed by atoms with van der Waals surface area (Å²) < 4.78 is 0. The van der Waals surface area contributed by atoms with E-state index in [1.165, 1.54) is 0 Å². The zero-order chi connectivity index (χ0) is 16.6. The Morgan fingerprint density at radius 2 is 1.87 bits per heavy atom. The summed E-state index contributed by atoms with van der Waals surface area (Å²) in [4.78, 5) is 39.7. The number of carbonyl (C=O) groups excluding carboxylic acids is 2. The molecule has 0 bridgehead atoms. The predicted octanol–water partition coefficient (Wildman–Crippen LogP) is 1.49. The Hall–Kier alpha value is -1.59. The number of carbonyl (C=O) groups is 3. The largest absolute Gasteiger partial charge is 0.481 e. The van der Waals surface area contributed by atoms with Crippen molar-refractivity contribution in [1.29, 1.82) is 0 Å². The smallest absolute Gasteiger partial charge is 0.307 e. The van der Waals surface area contributed by atoms with Crippen LogP contribution in [0.1, 0.15) is 51.9 Å². The van der Waals surface area contributed by atoms with E-state index in [4.69, 9.17) is 5.11 Å². The summed E-state index contributed by atoms with van der Waals surface area (Å²) in [5.41, 5.74) is -0.0595. The van der Waals surface area contributed by atoms with Gasteiger partial charge in [0, 0.05) is 26.1 Å². The molecule has 3 aliphatic rings. The molecular formula is C17H26N2O4. The molecule has 6 heteroatoms. The van der Waals surface area contributed by atoms with E-state index in [0.717, 1.165) is 38.5 Å². The van der Waals surface area contributed by atoms with E-state index in [2.05, 4.69) is 0 Å². The van der Waals surface area contributed by atoms with Gasteiger partial charge in [0.15, 0.2) is 0 Å². The molecule has 0 aromatic carbocycles. The second-order valence-corrected chi connectivity index (χ2v) is 7.28. The van der Waals surface area contributed by atoms with Crippen LogP contribution in [0.15, 0.2) is 0 Å². The van der Waals surface area contributed by atoms with Crippen LogP contribution < -0.4 is 0 Å². The molecule has 23 heavy (non-hydrogen) atoms. The number of aliphatic carboxylic acids is 1. The molecule has 0 aromatic rings. The number of likely N-dealkylation sites (tertiary alicyclic amines) is 2. The lowest BCUT2D eigenvalue weighted by molar-refractivity contribution is -0.145. The van der Waals surface area contributed by atoms with Crippen LogP contribution in [-0.2, 0) is 14.4 Å². The number of amides is 2. The van der Waals surface area contributed by atoms with E-state index < -0.39 is 5.97 Å². The zero-order valence-corrected chi connectivity index (χ0v) is 13.8. The Kier molecular flexibility index (Phi) is 4.34. The van der Waals surface area contributed by atoms with E-state index in [1.807, 2.05) is 11.8 Å². The highest BCUT2D eigenvalue weighted by atomic mass is 16.4. The molecule has 3 rings (SSSR count). The van der Waals surface area contributed by atoms with Gasteiger partial charge in [-0.1, -0.05) is 6.92 Å². The predicted molar refractivity (Wildman–Crippen MR) is 83.6 cm³/mol. The molecule has 2 unspecified atom stereocenters. The van der Waals surface area contributed by atoms with Gasteiger partial charge in [-0.05, 0) is 43.9 Å². The number of carboxylic acids is 1. The van der Waals surface area contributed by atoms with Gasteiger partial charge in [0.1, 0.15) is 6.04 Å². The number of nitrogens with zero attached hydrogens (tertiary/aromatic N) is 2. The Morgan fingerprint density at radius 1 is 1.17 bits per heavy atom. The van der Waals surface area contributed by atoms with Crippen molar-refractivity contribution < 1.29 is 19.5 Å². The van der Waals surface area contributed by atoms with Gasteiger partial charge >= 0.3 is 5.97 Å². The first-order valence-electron chi connectivity index (χ1n) is 8.79. The molecule has 1 aliphatic carbocycles. The van der Waals surface area contributed by atoms with E-state index >= 15 is 0 Å². The second kappa shape index (κ2) is 6.13. The lowest BCUT2D eigenvalue weighted by atomic mass is 9.90. The van der Waals surface area contributed by atoms with Crippen molar-refractivity contribution in [2.24, 2.45) is 11.3 Å². The molecule has 6 nitrogen and oxygen atoms in total. The average molecular weight is 322 g/mol. The van der Waals surface area contributed by atoms with Gasteiger partial charge in [-0.2, -0.15) is 0 Å². The van der Waals surface area contributed by atoms with Crippen LogP contribution in [0.25, 0.3) is 0 Å². The highest BCUT2D eigenvalue weighted by Crippen LogP contribution is 2.59. The van der Waals surface area contributed by atoms with Crippen LogP contribution in [0.4, 0.5) is 0 Å². The maximum atomic E-state index is 12.8. The highest BCUT2D eigenvalue weighted by molar-refractivity contribution is 5.88. The fraction of sp³-hybridized carbons (Fsp3) is 0.824. The van der Waals surface area contributed by atoms with Crippen LogP contribution in [-0.4, -0.2) is 58.4 Å². The van der Waals surface area contributed by atoms with Crippen LogP contribution in [0.3, 0.4) is 0 Å². The minimum atomic E-state index is -0.697. The number of hydrogen-bond acceptors (Lipinski definition) is 3. The third kappa shape index (κ3) is 2.95. The van der Waals surface area contributed by atoms with Crippen molar-refractivity contribution in [2.75, 3.05) is 19.6 Å². The van der Waals surface area contributed by atoms with Crippen molar-refractivity contribution in [3.05, 3.63) is 0 Å². The molecule has 2 atom stereocenters. The summed E-state index contributed by atoms with van der Waals surface area (Å²) in [5.74, 6) is -0.759. The maximum absolute atomic E-state index is 12.8. The summed E-state index contributed by atoms with van der Waals surface area (Å²) in [6.45, 7) is 3.93. The Labute approximate surface area is 136 Å². The van der Waals surface area contributed by atoms with E-state index in [9.17, 15) is 14.4 Å². The molecule has 0 aromatic heterocycles. The Balaban J connectivity index is 1.57. The Bertz CT molecular complexity index is 511. The minimum Gasteiger partial charge on any atom is -0.481 e. The molecule has 2 amide bonds. The van der Waals surface area contributed by atoms with Gasteiger partial charge in [0.05, 0.1) is 5.92 Å². The SMILES string of the molecule is CCCC(=O)N1CCCC1C(=O)N1CCC2(CC1)CC2C(=O)O. The van der Waals surface area contributed by atoms with Crippen LogP contribution in [0.2, 0.25) is 0 Å². The van der Waals surface area contributed by atoms with Gasteiger partial charge in [-0.3, -0.25) is 14.4 Å². The molecule has 2 saturated heterocycles. The zero-order valence-electron chi connectivity index (χ0n) is 13.8. The first-order chi connectivity index (χ1) is 11.0. The number of hydrogen-bond donors (Lipinski definition) is 1. The topological polar surface area (TPSA) is 77.9 Å². The second-order valence-electron chi connectivity index (χ2n) is 7.28. The molecule has 3 fully saturated rings. The van der Waals surface area contributed by atoms with E-state index in [0.29, 0.717) is 26.1 Å². The first-order valence-corrected chi connectivity index (χ1v) is 8.79. The lowest BCUT2D eigenvalue weighted by Gasteiger charge is -2.36. The summed E-state index contributed by atoms with van der Waals surface area (Å²) in [6.07, 6.45) is 5.29. The number of piperidine rings is 1. The molecule has 1 saturated carbocycles. The number of carboxylic acid groups (broad SMARTS) is 1. The summed E-state index contributed by atoms with van der Waals surface area (Å²) in [7, 11) is 0. The van der Waals surface area contributed by atoms with Crippen molar-refractivity contribution >= 4 is 17.8 Å². The third-order valence-corrected chi connectivity index (χ3v) is 5.88. The minimum absolute atomic E-state index is 0.0595. The third-order valence-electron chi connectivity index (χ3n) is 5.88. The molecule has 1 N–H and O–H groups in total.